The second kappa shape index (κ2) is 4.99. The maximum Gasteiger partial charge on any atom is 0.235 e. The van der Waals surface area contributed by atoms with E-state index in [0.717, 1.165) is 0 Å². The van der Waals surface area contributed by atoms with Crippen molar-refractivity contribution < 1.29 is 4.79 Å². The van der Waals surface area contributed by atoms with E-state index in [0.29, 0.717) is 6.54 Å². The number of rotatable bonds is 3. The van der Waals surface area contributed by atoms with Crippen molar-refractivity contribution in [1.82, 2.24) is 5.32 Å². The van der Waals surface area contributed by atoms with Crippen molar-refractivity contribution in [3.05, 3.63) is 21.4 Å². The molecule has 0 aliphatic heterocycles. The number of amides is 1. The third-order valence-corrected chi connectivity index (χ3v) is 4.13. The molecule has 15 heavy (non-hydrogen) atoms. The van der Waals surface area contributed by atoms with Gasteiger partial charge >= 0.3 is 0 Å². The first-order chi connectivity index (χ1) is 7.31. The van der Waals surface area contributed by atoms with Crippen LogP contribution in [0.25, 0.3) is 0 Å². The van der Waals surface area contributed by atoms with Crippen LogP contribution < -0.4 is 5.32 Å². The molecule has 4 heteroatoms. The summed E-state index contributed by atoms with van der Waals surface area (Å²) in [6.07, 6.45) is 4.97. The summed E-state index contributed by atoms with van der Waals surface area (Å²) >= 11 is 7.25. The fraction of sp³-hybridized carbons (Fsp3) is 0.545. The number of thiophene rings is 1. The lowest BCUT2D eigenvalue weighted by atomic mass is 9.96. The largest absolute Gasteiger partial charge is 0.351 e. The molecular weight excluding hydrogens is 230 g/mol. The molecule has 0 fully saturated rings. The molecule has 1 N–H and O–H groups in total. The van der Waals surface area contributed by atoms with Crippen molar-refractivity contribution >= 4 is 28.8 Å². The molecule has 0 radical (unpaired) electrons. The molecule has 82 valence electrons. The van der Waals surface area contributed by atoms with Crippen molar-refractivity contribution in [1.29, 1.82) is 0 Å². The summed E-state index contributed by atoms with van der Waals surface area (Å²) in [5.41, 5.74) is 2.76. The van der Waals surface area contributed by atoms with Crippen LogP contribution in [0.2, 0.25) is 0 Å². The second-order valence-electron chi connectivity index (χ2n) is 3.78. The van der Waals surface area contributed by atoms with Gasteiger partial charge in [-0.25, -0.2) is 0 Å². The zero-order valence-electron chi connectivity index (χ0n) is 8.51. The second-order valence-corrected chi connectivity index (χ2v) is 5.01. The lowest BCUT2D eigenvalue weighted by Crippen LogP contribution is -2.24. The van der Waals surface area contributed by atoms with E-state index in [4.69, 9.17) is 11.6 Å². The number of fused-ring (bicyclic) bond motifs is 1. The molecule has 1 aliphatic carbocycles. The molecule has 1 aromatic heterocycles. The van der Waals surface area contributed by atoms with Crippen molar-refractivity contribution in [2.45, 2.75) is 32.2 Å². The Morgan fingerprint density at radius 2 is 2.27 bits per heavy atom. The van der Waals surface area contributed by atoms with Crippen LogP contribution >= 0.6 is 22.9 Å². The molecule has 1 aliphatic rings. The summed E-state index contributed by atoms with van der Waals surface area (Å²) in [5.74, 6) is -0.0424. The molecule has 0 bridgehead atoms. The zero-order valence-corrected chi connectivity index (χ0v) is 10.1. The number of carbonyl (C=O) groups excluding carboxylic acids is 1. The van der Waals surface area contributed by atoms with Gasteiger partial charge < -0.3 is 5.32 Å². The molecule has 1 aromatic rings. The monoisotopic (exact) mass is 243 g/mol. The van der Waals surface area contributed by atoms with E-state index in [1.807, 2.05) is 11.3 Å². The van der Waals surface area contributed by atoms with E-state index in [2.05, 4.69) is 10.7 Å². The number of carbonyl (C=O) groups is 1. The van der Waals surface area contributed by atoms with Gasteiger partial charge in [-0.05, 0) is 42.2 Å². The van der Waals surface area contributed by atoms with Gasteiger partial charge in [-0.15, -0.1) is 22.9 Å². The summed E-state index contributed by atoms with van der Waals surface area (Å²) in [7, 11) is 0. The number of hydrogen-bond acceptors (Lipinski definition) is 2. The van der Waals surface area contributed by atoms with Gasteiger partial charge in [0.2, 0.25) is 5.91 Å². The number of halogens is 1. The van der Waals surface area contributed by atoms with Crippen LogP contribution in [-0.4, -0.2) is 11.8 Å². The quantitative estimate of drug-likeness (QED) is 0.812. The molecule has 0 unspecified atom stereocenters. The van der Waals surface area contributed by atoms with Crippen LogP contribution in [0.1, 0.15) is 28.8 Å². The van der Waals surface area contributed by atoms with Gasteiger partial charge in [0.15, 0.2) is 0 Å². The Kier molecular flexibility index (Phi) is 3.65. The third-order valence-electron chi connectivity index (χ3n) is 2.75. The van der Waals surface area contributed by atoms with E-state index >= 15 is 0 Å². The van der Waals surface area contributed by atoms with Crippen LogP contribution in [0.15, 0.2) is 5.38 Å². The number of nitrogens with one attached hydrogen (secondary N) is 1. The lowest BCUT2D eigenvalue weighted by molar-refractivity contribution is -0.118. The van der Waals surface area contributed by atoms with Crippen molar-refractivity contribution in [3.8, 4) is 0 Å². The Morgan fingerprint density at radius 3 is 3.07 bits per heavy atom. The third kappa shape index (κ3) is 2.52. The first-order valence-corrected chi connectivity index (χ1v) is 6.63. The molecule has 1 amide bonds. The van der Waals surface area contributed by atoms with Crippen LogP contribution in [-0.2, 0) is 24.2 Å². The average molecular weight is 244 g/mol. The summed E-state index contributed by atoms with van der Waals surface area (Å²) < 4.78 is 0. The van der Waals surface area contributed by atoms with Gasteiger partial charge in [0.25, 0.3) is 0 Å². The highest BCUT2D eigenvalue weighted by Crippen LogP contribution is 2.29. The predicted octanol–water partition coefficient (Wildman–Crippen LogP) is 2.48. The normalized spacial score (nSPS) is 14.7. The lowest BCUT2D eigenvalue weighted by Gasteiger charge is -2.12. The summed E-state index contributed by atoms with van der Waals surface area (Å²) in [5, 5.41) is 4.99. The zero-order chi connectivity index (χ0) is 10.7. The average Bonchev–Trinajstić information content (AvgIpc) is 2.69. The molecule has 2 rings (SSSR count). The standard InChI is InChI=1S/C11H14ClNOS/c12-5-11(14)13-6-8-7-15-10-4-2-1-3-9(8)10/h7H,1-6H2,(H,13,14). The Hall–Kier alpha value is -0.540. The van der Waals surface area contributed by atoms with Gasteiger partial charge in [0.05, 0.1) is 0 Å². The molecular formula is C11H14ClNOS. The number of alkyl halides is 1. The van der Waals surface area contributed by atoms with Gasteiger partial charge in [-0.3, -0.25) is 4.79 Å². The summed E-state index contributed by atoms with van der Waals surface area (Å²) in [6, 6.07) is 0. The van der Waals surface area contributed by atoms with Crippen LogP contribution in [0.4, 0.5) is 0 Å². The fourth-order valence-corrected chi connectivity index (χ4v) is 3.19. The summed E-state index contributed by atoms with van der Waals surface area (Å²) in [6.45, 7) is 0.636. The van der Waals surface area contributed by atoms with E-state index in [-0.39, 0.29) is 11.8 Å². The maximum absolute atomic E-state index is 11.0. The first kappa shape index (κ1) is 11.0. The Bertz CT molecular complexity index is 361. The predicted molar refractivity (Wildman–Crippen MR) is 63.5 cm³/mol. The number of aryl methyl sites for hydroxylation is 1. The summed E-state index contributed by atoms with van der Waals surface area (Å²) in [4.78, 5) is 12.5. The molecule has 0 saturated heterocycles. The minimum Gasteiger partial charge on any atom is -0.351 e. The highest BCUT2D eigenvalue weighted by molar-refractivity contribution is 7.10. The minimum absolute atomic E-state index is 0.0479. The van der Waals surface area contributed by atoms with Crippen molar-refractivity contribution in [2.24, 2.45) is 0 Å². The van der Waals surface area contributed by atoms with Crippen LogP contribution in [0, 0.1) is 0 Å². The van der Waals surface area contributed by atoms with E-state index in [1.165, 1.54) is 41.7 Å². The molecule has 1 heterocycles. The number of hydrogen-bond donors (Lipinski definition) is 1. The molecule has 0 spiro atoms. The van der Waals surface area contributed by atoms with Crippen LogP contribution in [0.3, 0.4) is 0 Å². The van der Waals surface area contributed by atoms with E-state index < -0.39 is 0 Å². The maximum atomic E-state index is 11.0. The molecule has 0 aromatic carbocycles. The van der Waals surface area contributed by atoms with E-state index in [1.54, 1.807) is 0 Å². The van der Waals surface area contributed by atoms with E-state index in [9.17, 15) is 4.79 Å². The van der Waals surface area contributed by atoms with Crippen LogP contribution in [0.5, 0.6) is 0 Å². The Morgan fingerprint density at radius 1 is 1.47 bits per heavy atom. The smallest absolute Gasteiger partial charge is 0.235 e. The Labute approximate surface area is 98.6 Å². The van der Waals surface area contributed by atoms with Crippen molar-refractivity contribution in [3.63, 3.8) is 0 Å². The molecule has 0 atom stereocenters. The van der Waals surface area contributed by atoms with Gasteiger partial charge in [0, 0.05) is 11.4 Å². The topological polar surface area (TPSA) is 29.1 Å². The first-order valence-electron chi connectivity index (χ1n) is 5.22. The van der Waals surface area contributed by atoms with Gasteiger partial charge in [0.1, 0.15) is 5.88 Å². The van der Waals surface area contributed by atoms with Crippen molar-refractivity contribution in [2.75, 3.05) is 5.88 Å². The molecule has 0 saturated carbocycles. The van der Waals surface area contributed by atoms with Gasteiger partial charge in [-0.1, -0.05) is 0 Å². The highest BCUT2D eigenvalue weighted by Gasteiger charge is 2.15. The van der Waals surface area contributed by atoms with Gasteiger partial charge in [-0.2, -0.15) is 0 Å². The minimum atomic E-state index is -0.0903. The SMILES string of the molecule is O=C(CCl)NCc1csc2c1CCCC2. The Balaban J connectivity index is 2.02. The highest BCUT2D eigenvalue weighted by atomic mass is 35.5. The molecule has 2 nitrogen and oxygen atoms in total. The fourth-order valence-electron chi connectivity index (χ4n) is 1.95.